The quantitative estimate of drug-likeness (QED) is 0.264. The van der Waals surface area contributed by atoms with Crippen molar-refractivity contribution in [3.63, 3.8) is 0 Å². The summed E-state index contributed by atoms with van der Waals surface area (Å²) >= 11 is 0. The number of morpholine rings is 1. The molecule has 0 aliphatic carbocycles. The molecule has 0 unspecified atom stereocenters. The van der Waals surface area contributed by atoms with Crippen LogP contribution in [0.2, 0.25) is 0 Å². The van der Waals surface area contributed by atoms with Gasteiger partial charge in [0.15, 0.2) is 23.1 Å². The van der Waals surface area contributed by atoms with Gasteiger partial charge in [0, 0.05) is 63.8 Å². The van der Waals surface area contributed by atoms with Crippen molar-refractivity contribution in [2.45, 2.75) is 12.8 Å². The van der Waals surface area contributed by atoms with Crippen LogP contribution in [0.5, 0.6) is 11.5 Å². The van der Waals surface area contributed by atoms with Crippen molar-refractivity contribution in [2.24, 2.45) is 0 Å². The molecule has 4 heterocycles. The lowest BCUT2D eigenvalue weighted by atomic mass is 10.1. The Kier molecular flexibility index (Phi) is 8.95. The molecule has 2 fully saturated rings. The van der Waals surface area contributed by atoms with E-state index >= 15 is 0 Å². The lowest BCUT2D eigenvalue weighted by Gasteiger charge is -2.26. The zero-order valence-corrected chi connectivity index (χ0v) is 25.2. The molecule has 2 aliphatic heterocycles. The Morgan fingerprint density at radius 2 is 1.63 bits per heavy atom. The lowest BCUT2D eigenvalue weighted by molar-refractivity contribution is 0.0321. The number of methoxy groups -OCH3 is 1. The standard InChI is InChI=1S/C33H39N7O3/c1-38(2)33-25-8-4-5-9-26(25)34-31(37-33)13-12-30-35-27(23-32(36-30)40-14-6-7-15-40)24-10-11-28(41-3)29(22-24)43-21-18-39-16-19-42-20-17-39/h4-5,8-13,22-23H,6-7,14-21H2,1-3H3/b13-12+. The van der Waals surface area contributed by atoms with Gasteiger partial charge in [-0.25, -0.2) is 19.9 Å². The summed E-state index contributed by atoms with van der Waals surface area (Å²) in [5.41, 5.74) is 2.66. The van der Waals surface area contributed by atoms with Crippen molar-refractivity contribution in [2.75, 3.05) is 83.5 Å². The largest absolute Gasteiger partial charge is 0.493 e. The zero-order valence-electron chi connectivity index (χ0n) is 25.2. The van der Waals surface area contributed by atoms with E-state index in [1.54, 1.807) is 7.11 Å². The Hall–Kier alpha value is -4.28. The number of nitrogens with zero attached hydrogens (tertiary/aromatic N) is 7. The van der Waals surface area contributed by atoms with Crippen LogP contribution >= 0.6 is 0 Å². The van der Waals surface area contributed by atoms with Crippen molar-refractivity contribution in [1.29, 1.82) is 0 Å². The number of aromatic nitrogens is 4. The minimum atomic E-state index is 0.567. The van der Waals surface area contributed by atoms with Crippen LogP contribution in [-0.2, 0) is 4.74 Å². The number of hydrogen-bond donors (Lipinski definition) is 0. The summed E-state index contributed by atoms with van der Waals surface area (Å²) in [6.07, 6.45) is 6.11. The predicted octanol–water partition coefficient (Wildman–Crippen LogP) is 4.64. The molecule has 10 heteroatoms. The van der Waals surface area contributed by atoms with Crippen molar-refractivity contribution in [3.05, 3.63) is 60.2 Å². The normalized spacial score (nSPS) is 15.8. The first-order chi connectivity index (χ1) is 21.1. The minimum absolute atomic E-state index is 0.567. The molecule has 0 spiro atoms. The first-order valence-electron chi connectivity index (χ1n) is 14.9. The third-order valence-electron chi connectivity index (χ3n) is 7.79. The monoisotopic (exact) mass is 581 g/mol. The Morgan fingerprint density at radius 3 is 2.40 bits per heavy atom. The Morgan fingerprint density at radius 1 is 0.860 bits per heavy atom. The first-order valence-corrected chi connectivity index (χ1v) is 14.9. The molecule has 43 heavy (non-hydrogen) atoms. The predicted molar refractivity (Wildman–Crippen MR) is 171 cm³/mol. The molecule has 2 saturated heterocycles. The maximum atomic E-state index is 6.23. The van der Waals surface area contributed by atoms with Crippen molar-refractivity contribution in [1.82, 2.24) is 24.8 Å². The van der Waals surface area contributed by atoms with E-state index in [1.165, 1.54) is 0 Å². The molecule has 224 valence electrons. The highest BCUT2D eigenvalue weighted by Gasteiger charge is 2.18. The molecule has 6 rings (SSSR count). The van der Waals surface area contributed by atoms with Gasteiger partial charge in [-0.3, -0.25) is 4.90 Å². The van der Waals surface area contributed by atoms with E-state index in [0.717, 1.165) is 92.6 Å². The maximum Gasteiger partial charge on any atom is 0.161 e. The van der Waals surface area contributed by atoms with E-state index in [9.17, 15) is 0 Å². The van der Waals surface area contributed by atoms with Crippen LogP contribution in [0.25, 0.3) is 34.3 Å². The Balaban J connectivity index is 1.30. The molecule has 0 bridgehead atoms. The number of para-hydroxylation sites is 1. The van der Waals surface area contributed by atoms with Gasteiger partial charge in [-0.05, 0) is 55.3 Å². The molecule has 0 atom stereocenters. The molecule has 10 nitrogen and oxygen atoms in total. The summed E-state index contributed by atoms with van der Waals surface area (Å²) in [5.74, 6) is 4.41. The third-order valence-corrected chi connectivity index (χ3v) is 7.79. The van der Waals surface area contributed by atoms with Gasteiger partial charge in [0.05, 0.1) is 31.5 Å². The van der Waals surface area contributed by atoms with Crippen LogP contribution in [0.3, 0.4) is 0 Å². The number of hydrogen-bond acceptors (Lipinski definition) is 10. The lowest BCUT2D eigenvalue weighted by Crippen LogP contribution is -2.38. The van der Waals surface area contributed by atoms with Gasteiger partial charge in [0.2, 0.25) is 0 Å². The van der Waals surface area contributed by atoms with E-state index < -0.39 is 0 Å². The number of anilines is 2. The van der Waals surface area contributed by atoms with E-state index in [4.69, 9.17) is 34.1 Å². The van der Waals surface area contributed by atoms with Gasteiger partial charge in [-0.2, -0.15) is 0 Å². The van der Waals surface area contributed by atoms with Crippen molar-refractivity contribution < 1.29 is 14.2 Å². The van der Waals surface area contributed by atoms with Crippen LogP contribution in [-0.4, -0.2) is 98.6 Å². The SMILES string of the molecule is COc1ccc(-c2cc(N3CCCC3)nc(/C=C/c3nc(N(C)C)c4ccccc4n3)n2)cc1OCCN1CCOCC1. The summed E-state index contributed by atoms with van der Waals surface area (Å²) in [6, 6.07) is 16.1. The topological polar surface area (TPSA) is 89.0 Å². The van der Waals surface area contributed by atoms with Crippen LogP contribution in [0.1, 0.15) is 24.5 Å². The van der Waals surface area contributed by atoms with Gasteiger partial charge < -0.3 is 24.0 Å². The number of benzene rings is 2. The third kappa shape index (κ3) is 6.87. The van der Waals surface area contributed by atoms with E-state index in [1.807, 2.05) is 73.6 Å². The fourth-order valence-electron chi connectivity index (χ4n) is 5.48. The fraction of sp³-hybridized carbons (Fsp3) is 0.394. The summed E-state index contributed by atoms with van der Waals surface area (Å²) in [4.78, 5) is 26.1. The molecule has 2 aromatic carbocycles. The first kappa shape index (κ1) is 28.8. The molecule has 4 aromatic rings. The van der Waals surface area contributed by atoms with Crippen LogP contribution in [0.15, 0.2) is 48.5 Å². The zero-order chi connectivity index (χ0) is 29.6. The summed E-state index contributed by atoms with van der Waals surface area (Å²) < 4.78 is 17.3. The average Bonchev–Trinajstić information content (AvgIpc) is 3.59. The minimum Gasteiger partial charge on any atom is -0.493 e. The average molecular weight is 582 g/mol. The van der Waals surface area contributed by atoms with Gasteiger partial charge in [0.1, 0.15) is 18.2 Å². The van der Waals surface area contributed by atoms with Gasteiger partial charge in [-0.1, -0.05) is 12.1 Å². The highest BCUT2D eigenvalue weighted by Crippen LogP contribution is 2.33. The van der Waals surface area contributed by atoms with Crippen LogP contribution < -0.4 is 19.3 Å². The van der Waals surface area contributed by atoms with E-state index in [0.29, 0.717) is 29.8 Å². The fourth-order valence-corrected chi connectivity index (χ4v) is 5.48. The molecule has 0 N–H and O–H groups in total. The van der Waals surface area contributed by atoms with Crippen molar-refractivity contribution >= 4 is 34.7 Å². The van der Waals surface area contributed by atoms with Gasteiger partial charge in [-0.15, -0.1) is 0 Å². The number of fused-ring (bicyclic) bond motifs is 1. The summed E-state index contributed by atoms with van der Waals surface area (Å²) in [6.45, 7) is 6.77. The molecular weight excluding hydrogens is 542 g/mol. The molecule has 2 aliphatic rings. The molecule has 2 aromatic heterocycles. The smallest absolute Gasteiger partial charge is 0.161 e. The second kappa shape index (κ2) is 13.4. The maximum absolute atomic E-state index is 6.23. The number of rotatable bonds is 10. The van der Waals surface area contributed by atoms with Gasteiger partial charge >= 0.3 is 0 Å². The highest BCUT2D eigenvalue weighted by atomic mass is 16.5. The Bertz CT molecular complexity index is 1580. The van der Waals surface area contributed by atoms with Crippen molar-refractivity contribution in [3.8, 4) is 22.8 Å². The summed E-state index contributed by atoms with van der Waals surface area (Å²) in [7, 11) is 5.65. The van der Waals surface area contributed by atoms with E-state index in [2.05, 4.69) is 15.9 Å². The second-order valence-electron chi connectivity index (χ2n) is 11.0. The number of ether oxygens (including phenoxy) is 3. The second-order valence-corrected chi connectivity index (χ2v) is 11.0. The Labute approximate surface area is 252 Å². The molecule has 0 amide bonds. The molecular formula is C33H39N7O3. The highest BCUT2D eigenvalue weighted by molar-refractivity contribution is 5.90. The molecule has 0 radical (unpaired) electrons. The van der Waals surface area contributed by atoms with Crippen LogP contribution in [0, 0.1) is 0 Å². The van der Waals surface area contributed by atoms with Crippen LogP contribution in [0.4, 0.5) is 11.6 Å². The summed E-state index contributed by atoms with van der Waals surface area (Å²) in [5, 5.41) is 1.02. The van der Waals surface area contributed by atoms with Gasteiger partial charge in [0.25, 0.3) is 0 Å². The molecule has 0 saturated carbocycles. The van der Waals surface area contributed by atoms with E-state index in [-0.39, 0.29) is 0 Å².